The van der Waals surface area contributed by atoms with Crippen LogP contribution in [0.15, 0.2) is 24.5 Å². The van der Waals surface area contributed by atoms with Crippen LogP contribution in [0.2, 0.25) is 0 Å². The second-order valence-corrected chi connectivity index (χ2v) is 4.43. The minimum absolute atomic E-state index is 0.00995. The van der Waals surface area contributed by atoms with Crippen molar-refractivity contribution < 1.29 is 4.79 Å². The number of anilines is 1. The molecule has 0 aromatic carbocycles. The van der Waals surface area contributed by atoms with E-state index in [0.29, 0.717) is 12.2 Å². The number of carbonyl (C=O) groups is 1. The molecule has 2 rings (SSSR count). The summed E-state index contributed by atoms with van der Waals surface area (Å²) in [4.78, 5) is 16.0. The van der Waals surface area contributed by atoms with E-state index in [9.17, 15) is 4.79 Å². The smallest absolute Gasteiger partial charge is 0.225 e. The van der Waals surface area contributed by atoms with Gasteiger partial charge in [-0.05, 0) is 25.5 Å². The summed E-state index contributed by atoms with van der Waals surface area (Å²) in [6.45, 7) is 0.723. The predicted octanol–water partition coefficient (Wildman–Crippen LogP) is 1.58. The number of fused-ring (bicyclic) bond motifs is 1. The van der Waals surface area contributed by atoms with E-state index in [4.69, 9.17) is 5.73 Å². The van der Waals surface area contributed by atoms with E-state index in [0.717, 1.165) is 37.9 Å². The number of hydrogen-bond donors (Lipinski definition) is 2. The van der Waals surface area contributed by atoms with Gasteiger partial charge in [0.15, 0.2) is 5.65 Å². The molecule has 0 fully saturated rings. The third-order valence-corrected chi connectivity index (χ3v) is 2.92. The van der Waals surface area contributed by atoms with Crippen molar-refractivity contribution in [2.24, 2.45) is 5.73 Å². The van der Waals surface area contributed by atoms with Gasteiger partial charge in [0.05, 0.1) is 6.20 Å². The van der Waals surface area contributed by atoms with Crippen molar-refractivity contribution in [3.8, 4) is 0 Å². The van der Waals surface area contributed by atoms with Gasteiger partial charge in [-0.1, -0.05) is 12.8 Å². The summed E-state index contributed by atoms with van der Waals surface area (Å²) in [5, 5.41) is 6.98. The number of nitrogens with two attached hydrogens (primary N) is 1. The number of unbranched alkanes of at least 4 members (excludes halogenated alkanes) is 3. The molecule has 0 saturated heterocycles. The molecule has 0 aliphatic carbocycles. The van der Waals surface area contributed by atoms with Gasteiger partial charge >= 0.3 is 0 Å². The Morgan fingerprint density at radius 2 is 2.05 bits per heavy atom. The SMILES string of the molecule is NCCCCCCC(=O)Nc1ccnc2ccnn12. The molecule has 0 unspecified atom stereocenters. The van der Waals surface area contributed by atoms with Crippen LogP contribution in [-0.4, -0.2) is 27.0 Å². The molecule has 0 aliphatic rings. The number of rotatable bonds is 7. The minimum atomic E-state index is 0.00995. The summed E-state index contributed by atoms with van der Waals surface area (Å²) in [7, 11) is 0. The first kappa shape index (κ1) is 13.5. The number of nitrogens with zero attached hydrogens (tertiary/aromatic N) is 3. The zero-order valence-corrected chi connectivity index (χ0v) is 10.9. The lowest BCUT2D eigenvalue weighted by atomic mass is 10.1. The van der Waals surface area contributed by atoms with E-state index < -0.39 is 0 Å². The van der Waals surface area contributed by atoms with E-state index in [1.54, 1.807) is 29.0 Å². The molecule has 0 atom stereocenters. The van der Waals surface area contributed by atoms with Crippen LogP contribution in [0.3, 0.4) is 0 Å². The average Bonchev–Trinajstić information content (AvgIpc) is 2.88. The fourth-order valence-corrected chi connectivity index (χ4v) is 1.92. The van der Waals surface area contributed by atoms with Gasteiger partial charge in [-0.3, -0.25) is 4.79 Å². The monoisotopic (exact) mass is 261 g/mol. The van der Waals surface area contributed by atoms with Gasteiger partial charge in [-0.25, -0.2) is 4.98 Å². The highest BCUT2D eigenvalue weighted by Gasteiger charge is 2.06. The standard InChI is InChI=1S/C13H19N5O/c14-8-4-2-1-3-5-13(19)17-12-6-9-15-11-7-10-16-18(11)12/h6-7,9-10H,1-5,8,14H2,(H,17,19). The molecule has 0 spiro atoms. The topological polar surface area (TPSA) is 85.3 Å². The largest absolute Gasteiger partial charge is 0.330 e. The average molecular weight is 261 g/mol. The van der Waals surface area contributed by atoms with Crippen LogP contribution in [-0.2, 0) is 4.79 Å². The molecule has 1 amide bonds. The highest BCUT2D eigenvalue weighted by atomic mass is 16.1. The van der Waals surface area contributed by atoms with Crippen molar-refractivity contribution >= 4 is 17.4 Å². The molecule has 6 nitrogen and oxygen atoms in total. The van der Waals surface area contributed by atoms with Crippen molar-refractivity contribution in [2.45, 2.75) is 32.1 Å². The third-order valence-electron chi connectivity index (χ3n) is 2.92. The Kier molecular flexibility index (Phi) is 4.85. The zero-order chi connectivity index (χ0) is 13.5. The number of nitrogens with one attached hydrogen (secondary N) is 1. The Balaban J connectivity index is 1.83. The van der Waals surface area contributed by atoms with Crippen molar-refractivity contribution in [3.63, 3.8) is 0 Å². The van der Waals surface area contributed by atoms with Gasteiger partial charge in [-0.15, -0.1) is 0 Å². The van der Waals surface area contributed by atoms with Crippen LogP contribution in [0.1, 0.15) is 32.1 Å². The quantitative estimate of drug-likeness (QED) is 0.741. The molecule has 19 heavy (non-hydrogen) atoms. The molecule has 6 heteroatoms. The van der Waals surface area contributed by atoms with Crippen LogP contribution >= 0.6 is 0 Å². The maximum Gasteiger partial charge on any atom is 0.225 e. The second kappa shape index (κ2) is 6.84. The Morgan fingerprint density at radius 3 is 2.89 bits per heavy atom. The van der Waals surface area contributed by atoms with Crippen molar-refractivity contribution in [1.29, 1.82) is 0 Å². The number of hydrogen-bond acceptors (Lipinski definition) is 4. The molecule has 0 radical (unpaired) electrons. The van der Waals surface area contributed by atoms with Gasteiger partial charge in [-0.2, -0.15) is 9.61 Å². The summed E-state index contributed by atoms with van der Waals surface area (Å²) in [5.41, 5.74) is 6.14. The van der Waals surface area contributed by atoms with E-state index >= 15 is 0 Å². The van der Waals surface area contributed by atoms with E-state index in [1.165, 1.54) is 0 Å². The van der Waals surface area contributed by atoms with Crippen LogP contribution in [0.4, 0.5) is 5.82 Å². The molecule has 2 aromatic heterocycles. The molecule has 3 N–H and O–H groups in total. The van der Waals surface area contributed by atoms with E-state index in [1.807, 2.05) is 0 Å². The Hall–Kier alpha value is -1.95. The Bertz CT molecular complexity index is 537. The molecule has 0 aliphatic heterocycles. The van der Waals surface area contributed by atoms with Crippen molar-refractivity contribution in [3.05, 3.63) is 24.5 Å². The first-order valence-corrected chi connectivity index (χ1v) is 6.60. The molecule has 0 bridgehead atoms. The summed E-state index contributed by atoms with van der Waals surface area (Å²) in [6, 6.07) is 3.54. The Morgan fingerprint density at radius 1 is 1.21 bits per heavy atom. The van der Waals surface area contributed by atoms with Gasteiger partial charge in [0.1, 0.15) is 5.82 Å². The number of amides is 1. The van der Waals surface area contributed by atoms with Gasteiger partial charge < -0.3 is 11.1 Å². The van der Waals surface area contributed by atoms with E-state index in [2.05, 4.69) is 15.4 Å². The first-order chi connectivity index (χ1) is 9.31. The van der Waals surface area contributed by atoms with Crippen LogP contribution in [0.5, 0.6) is 0 Å². The fraction of sp³-hybridized carbons (Fsp3) is 0.462. The lowest BCUT2D eigenvalue weighted by molar-refractivity contribution is -0.116. The molecular weight excluding hydrogens is 242 g/mol. The zero-order valence-electron chi connectivity index (χ0n) is 10.9. The van der Waals surface area contributed by atoms with Crippen molar-refractivity contribution in [1.82, 2.24) is 14.6 Å². The fourth-order valence-electron chi connectivity index (χ4n) is 1.92. The highest BCUT2D eigenvalue weighted by Crippen LogP contribution is 2.10. The molecule has 2 heterocycles. The minimum Gasteiger partial charge on any atom is -0.330 e. The lowest BCUT2D eigenvalue weighted by Crippen LogP contribution is -2.14. The van der Waals surface area contributed by atoms with Gasteiger partial charge in [0.25, 0.3) is 0 Å². The molecule has 102 valence electrons. The first-order valence-electron chi connectivity index (χ1n) is 6.60. The maximum atomic E-state index is 11.8. The Labute approximate surface area is 112 Å². The number of aromatic nitrogens is 3. The van der Waals surface area contributed by atoms with E-state index in [-0.39, 0.29) is 5.91 Å². The number of carbonyl (C=O) groups excluding carboxylic acids is 1. The van der Waals surface area contributed by atoms with Crippen LogP contribution in [0, 0.1) is 0 Å². The lowest BCUT2D eigenvalue weighted by Gasteiger charge is -2.06. The summed E-state index contributed by atoms with van der Waals surface area (Å²) in [6.07, 6.45) is 7.88. The second-order valence-electron chi connectivity index (χ2n) is 4.43. The third kappa shape index (κ3) is 3.75. The van der Waals surface area contributed by atoms with Crippen LogP contribution < -0.4 is 11.1 Å². The summed E-state index contributed by atoms with van der Waals surface area (Å²) < 4.78 is 1.62. The molecule has 0 saturated carbocycles. The van der Waals surface area contributed by atoms with Crippen molar-refractivity contribution in [2.75, 3.05) is 11.9 Å². The summed E-state index contributed by atoms with van der Waals surface area (Å²) in [5.74, 6) is 0.665. The summed E-state index contributed by atoms with van der Waals surface area (Å²) >= 11 is 0. The maximum absolute atomic E-state index is 11.8. The van der Waals surface area contributed by atoms with Gasteiger partial charge in [0.2, 0.25) is 5.91 Å². The normalized spacial score (nSPS) is 10.8. The highest BCUT2D eigenvalue weighted by molar-refractivity contribution is 5.89. The predicted molar refractivity (Wildman–Crippen MR) is 73.8 cm³/mol. The molecule has 2 aromatic rings. The van der Waals surface area contributed by atoms with Gasteiger partial charge in [0, 0.05) is 18.7 Å². The molecular formula is C13H19N5O. The van der Waals surface area contributed by atoms with Crippen LogP contribution in [0.25, 0.3) is 5.65 Å².